The van der Waals surface area contributed by atoms with E-state index < -0.39 is 30.3 Å². The summed E-state index contributed by atoms with van der Waals surface area (Å²) in [5.41, 5.74) is 0. The minimum atomic E-state index is -1.64. The highest BCUT2D eigenvalue weighted by atomic mass is 16.7. The lowest BCUT2D eigenvalue weighted by atomic mass is 10.1. The molecule has 9 heteroatoms. The van der Waals surface area contributed by atoms with Crippen LogP contribution < -0.4 is 5.11 Å². The first-order valence-electron chi connectivity index (χ1n) is 24.0. The number of rotatable bonds is 42. The quantitative estimate of drug-likeness (QED) is 0.0196. The third kappa shape index (κ3) is 45.8. The van der Waals surface area contributed by atoms with Gasteiger partial charge in [-0.2, -0.15) is 0 Å². The number of aliphatic carboxylic acids is 1. The summed E-state index contributed by atoms with van der Waals surface area (Å²) in [6, 6.07) is 0. The van der Waals surface area contributed by atoms with E-state index in [4.69, 9.17) is 18.9 Å². The molecule has 0 spiro atoms. The number of likely N-dealkylation sites (N-methyl/N-ethyl adjacent to an activating group) is 1. The first kappa shape index (κ1) is 58.9. The van der Waals surface area contributed by atoms with Crippen molar-refractivity contribution in [2.75, 3.05) is 47.5 Å². The Morgan fingerprint density at radius 1 is 0.476 bits per heavy atom. The molecule has 0 bridgehead atoms. The average Bonchev–Trinajstić information content (AvgIpc) is 3.24. The summed E-state index contributed by atoms with van der Waals surface area (Å²) in [7, 11) is 5.88. The first-order chi connectivity index (χ1) is 30.6. The second kappa shape index (κ2) is 44.6. The van der Waals surface area contributed by atoms with Gasteiger partial charge in [0, 0.05) is 12.8 Å². The van der Waals surface area contributed by atoms with Crippen LogP contribution in [0.4, 0.5) is 0 Å². The number of carbonyl (C=O) groups is 3. The molecule has 0 N–H and O–H groups in total. The molecule has 0 aromatic rings. The van der Waals surface area contributed by atoms with Crippen LogP contribution in [-0.4, -0.2) is 82.3 Å². The Morgan fingerprint density at radius 3 is 1.29 bits per heavy atom. The molecule has 0 aromatic heterocycles. The second-order valence-corrected chi connectivity index (χ2v) is 16.6. The van der Waals surface area contributed by atoms with Crippen molar-refractivity contribution >= 4 is 17.9 Å². The molecule has 0 aromatic carbocycles. The summed E-state index contributed by atoms with van der Waals surface area (Å²) in [6.07, 6.45) is 57.0. The number of quaternary nitrogens is 1. The normalized spacial score (nSPS) is 13.9. The maximum atomic E-state index is 12.8. The van der Waals surface area contributed by atoms with Crippen LogP contribution in [0.2, 0.25) is 0 Å². The molecule has 0 rings (SSSR count). The van der Waals surface area contributed by atoms with Gasteiger partial charge in [-0.15, -0.1) is 0 Å². The van der Waals surface area contributed by atoms with Crippen LogP contribution >= 0.6 is 0 Å². The number of unbranched alkanes of at least 4 members (excludes halogenated alkanes) is 9. The molecule has 0 aliphatic carbocycles. The van der Waals surface area contributed by atoms with E-state index in [1.165, 1.54) is 0 Å². The SMILES string of the molecule is CC/C=C\C/C=C\C/C=C\C/C=C\C/C=C\C/C=C\CCCCCCCCC(=O)OC(COC(=O)CCCCC/C=C\C/C=C\C/C=C\CC)COC(OCC[N+](C)(C)C)C(=O)[O-]. The van der Waals surface area contributed by atoms with Gasteiger partial charge in [0.15, 0.2) is 12.4 Å². The molecule has 0 saturated heterocycles. The molecule has 0 aliphatic heterocycles. The van der Waals surface area contributed by atoms with E-state index in [0.29, 0.717) is 23.9 Å². The molecule has 356 valence electrons. The van der Waals surface area contributed by atoms with Crippen LogP contribution in [-0.2, 0) is 33.3 Å². The molecule has 0 amide bonds. The van der Waals surface area contributed by atoms with Crippen molar-refractivity contribution in [3.05, 3.63) is 109 Å². The van der Waals surface area contributed by atoms with Gasteiger partial charge in [-0.25, -0.2) is 0 Å². The summed E-state index contributed by atoms with van der Waals surface area (Å²) in [6.45, 7) is 4.42. The molecule has 0 saturated carbocycles. The van der Waals surface area contributed by atoms with E-state index in [-0.39, 0.29) is 32.7 Å². The summed E-state index contributed by atoms with van der Waals surface area (Å²) in [5, 5.41) is 11.7. The highest BCUT2D eigenvalue weighted by Gasteiger charge is 2.21. The molecular formula is C54H87NO8. The number of carboxylic acid groups (broad SMARTS) is 1. The zero-order valence-electron chi connectivity index (χ0n) is 40.1. The highest BCUT2D eigenvalue weighted by Crippen LogP contribution is 2.12. The highest BCUT2D eigenvalue weighted by molar-refractivity contribution is 5.70. The molecule has 63 heavy (non-hydrogen) atoms. The van der Waals surface area contributed by atoms with E-state index in [9.17, 15) is 19.5 Å². The van der Waals surface area contributed by atoms with Crippen LogP contribution in [0.5, 0.6) is 0 Å². The third-order valence-electron chi connectivity index (χ3n) is 9.52. The monoisotopic (exact) mass is 878 g/mol. The standard InChI is InChI=1S/C54H87NO8/c1-6-8-10-12-14-16-18-20-21-22-23-24-25-26-27-28-29-30-31-33-35-37-39-41-43-45-52(57)63-50(49-62-54(53(58)59)60-47-46-55(3,4)5)48-61-51(56)44-42-40-38-36-34-32-19-17-15-13-11-9-7-2/h8-11,14-17,20-21,23-24,26-27,29-30,32,34,50,54H,6-7,12-13,18-19,22,25,28,31,33,35-49H2,1-5H3/b10-8-,11-9-,16-14-,17-15-,21-20-,24-23-,27-26-,30-29-,34-32-. The van der Waals surface area contributed by atoms with Crippen molar-refractivity contribution in [3.8, 4) is 0 Å². The molecule has 2 atom stereocenters. The number of carboxylic acids is 1. The predicted molar refractivity (Wildman–Crippen MR) is 260 cm³/mol. The van der Waals surface area contributed by atoms with Crippen molar-refractivity contribution in [3.63, 3.8) is 0 Å². The van der Waals surface area contributed by atoms with Crippen molar-refractivity contribution in [1.29, 1.82) is 0 Å². The number of carbonyl (C=O) groups excluding carboxylic acids is 3. The van der Waals surface area contributed by atoms with E-state index >= 15 is 0 Å². The maximum absolute atomic E-state index is 12.8. The van der Waals surface area contributed by atoms with Crippen molar-refractivity contribution < 1.29 is 42.9 Å². The van der Waals surface area contributed by atoms with Gasteiger partial charge in [0.2, 0.25) is 0 Å². The number of hydrogen-bond donors (Lipinski definition) is 0. The Hall–Kier alpha value is -4.05. The molecule has 9 nitrogen and oxygen atoms in total. The zero-order chi connectivity index (χ0) is 46.3. The fourth-order valence-corrected chi connectivity index (χ4v) is 5.84. The van der Waals surface area contributed by atoms with Crippen molar-refractivity contribution in [2.24, 2.45) is 0 Å². The average molecular weight is 878 g/mol. The predicted octanol–water partition coefficient (Wildman–Crippen LogP) is 11.9. The van der Waals surface area contributed by atoms with Crippen molar-refractivity contribution in [1.82, 2.24) is 0 Å². The van der Waals surface area contributed by atoms with Gasteiger partial charge in [0.1, 0.15) is 13.2 Å². The number of esters is 2. The van der Waals surface area contributed by atoms with Crippen LogP contribution in [0.25, 0.3) is 0 Å². The van der Waals surface area contributed by atoms with Crippen molar-refractivity contribution in [2.45, 2.75) is 167 Å². The maximum Gasteiger partial charge on any atom is 0.306 e. The van der Waals surface area contributed by atoms with E-state index in [1.807, 2.05) is 21.1 Å². The van der Waals surface area contributed by atoms with Gasteiger partial charge in [-0.05, 0) is 96.3 Å². The summed E-state index contributed by atoms with van der Waals surface area (Å²) in [5.74, 6) is -2.36. The largest absolute Gasteiger partial charge is 0.545 e. The lowest BCUT2D eigenvalue weighted by molar-refractivity contribution is -0.870. The van der Waals surface area contributed by atoms with Gasteiger partial charge in [-0.1, -0.05) is 155 Å². The summed E-state index contributed by atoms with van der Waals surface area (Å²) >= 11 is 0. The third-order valence-corrected chi connectivity index (χ3v) is 9.52. The Balaban J connectivity index is 4.44. The second-order valence-electron chi connectivity index (χ2n) is 16.6. The molecule has 2 unspecified atom stereocenters. The summed E-state index contributed by atoms with van der Waals surface area (Å²) < 4.78 is 22.5. The van der Waals surface area contributed by atoms with Gasteiger partial charge in [0.05, 0.1) is 40.3 Å². The Kier molecular flexibility index (Phi) is 41.7. The van der Waals surface area contributed by atoms with Gasteiger partial charge in [-0.3, -0.25) is 9.59 Å². The van der Waals surface area contributed by atoms with E-state index in [0.717, 1.165) is 116 Å². The van der Waals surface area contributed by atoms with Crippen LogP contribution in [0.1, 0.15) is 155 Å². The van der Waals surface area contributed by atoms with Gasteiger partial charge in [0.25, 0.3) is 0 Å². The molecule has 0 fully saturated rings. The van der Waals surface area contributed by atoms with Crippen LogP contribution in [0.3, 0.4) is 0 Å². The molecule has 0 heterocycles. The number of nitrogens with zero attached hydrogens (tertiary/aromatic N) is 1. The Morgan fingerprint density at radius 2 is 0.857 bits per heavy atom. The number of ether oxygens (including phenoxy) is 4. The van der Waals surface area contributed by atoms with Crippen LogP contribution in [0, 0.1) is 0 Å². The smallest absolute Gasteiger partial charge is 0.306 e. The fraction of sp³-hybridized carbons (Fsp3) is 0.611. The van der Waals surface area contributed by atoms with Gasteiger partial charge < -0.3 is 33.3 Å². The molecule has 0 radical (unpaired) electrons. The minimum Gasteiger partial charge on any atom is -0.545 e. The fourth-order valence-electron chi connectivity index (χ4n) is 5.84. The number of allylic oxidation sites excluding steroid dienone is 18. The summed E-state index contributed by atoms with van der Waals surface area (Å²) in [4.78, 5) is 37.0. The lowest BCUT2D eigenvalue weighted by Crippen LogP contribution is -2.44. The van der Waals surface area contributed by atoms with E-state index in [1.54, 1.807) is 0 Å². The zero-order valence-corrected chi connectivity index (χ0v) is 40.1. The van der Waals surface area contributed by atoms with Crippen LogP contribution in [0.15, 0.2) is 109 Å². The molecular weight excluding hydrogens is 791 g/mol. The van der Waals surface area contributed by atoms with Gasteiger partial charge >= 0.3 is 11.9 Å². The lowest BCUT2D eigenvalue weighted by Gasteiger charge is -2.26. The number of hydrogen-bond acceptors (Lipinski definition) is 8. The Bertz CT molecular complexity index is 1390. The first-order valence-corrected chi connectivity index (χ1v) is 24.0. The topological polar surface area (TPSA) is 111 Å². The molecule has 0 aliphatic rings. The van der Waals surface area contributed by atoms with E-state index in [2.05, 4.69) is 123 Å². The minimum absolute atomic E-state index is 0.133. The Labute approximate surface area is 384 Å².